The Labute approximate surface area is 115 Å². The normalized spacial score (nSPS) is 18.3. The summed E-state index contributed by atoms with van der Waals surface area (Å²) in [4.78, 5) is 0. The van der Waals surface area contributed by atoms with Gasteiger partial charge < -0.3 is 5.73 Å². The lowest BCUT2D eigenvalue weighted by molar-refractivity contribution is 0.461. The van der Waals surface area contributed by atoms with Crippen LogP contribution in [0.25, 0.3) is 0 Å². The molecule has 1 aromatic heterocycles. The van der Waals surface area contributed by atoms with E-state index in [2.05, 4.69) is 29.0 Å². The summed E-state index contributed by atoms with van der Waals surface area (Å²) in [5, 5.41) is 4.69. The van der Waals surface area contributed by atoms with Crippen molar-refractivity contribution in [2.75, 3.05) is 11.5 Å². The molecule has 1 fully saturated rings. The Morgan fingerprint density at radius 2 is 2.28 bits per heavy atom. The second-order valence-electron chi connectivity index (χ2n) is 5.26. The highest BCUT2D eigenvalue weighted by Gasteiger charge is 2.17. The molecule has 1 aliphatic rings. The molecule has 1 aromatic rings. The van der Waals surface area contributed by atoms with E-state index in [0.29, 0.717) is 6.04 Å². The van der Waals surface area contributed by atoms with Crippen LogP contribution in [0.4, 0.5) is 0 Å². The van der Waals surface area contributed by atoms with Crippen LogP contribution in [0.5, 0.6) is 0 Å². The molecule has 3 nitrogen and oxygen atoms in total. The summed E-state index contributed by atoms with van der Waals surface area (Å²) in [7, 11) is 0. The van der Waals surface area contributed by atoms with E-state index in [1.54, 1.807) is 0 Å². The molecule has 0 saturated heterocycles. The number of hydrogen-bond acceptors (Lipinski definition) is 3. The predicted octanol–water partition coefficient (Wildman–Crippen LogP) is 3.01. The minimum absolute atomic E-state index is 0.244. The van der Waals surface area contributed by atoms with Crippen molar-refractivity contribution >= 4 is 11.8 Å². The zero-order chi connectivity index (χ0) is 12.8. The molecule has 0 radical (unpaired) electrons. The lowest BCUT2D eigenvalue weighted by Gasteiger charge is -2.10. The summed E-state index contributed by atoms with van der Waals surface area (Å²) in [6.07, 6.45) is 9.57. The lowest BCUT2D eigenvalue weighted by Crippen LogP contribution is -2.26. The molecule has 2 N–H and O–H groups in total. The summed E-state index contributed by atoms with van der Waals surface area (Å²) in [6, 6.07) is 3.03. The van der Waals surface area contributed by atoms with E-state index < -0.39 is 0 Å². The van der Waals surface area contributed by atoms with E-state index in [0.717, 1.165) is 17.9 Å². The number of nitrogens with zero attached hydrogens (tertiary/aromatic N) is 2. The predicted molar refractivity (Wildman–Crippen MR) is 79.0 cm³/mol. The number of aromatic nitrogens is 2. The Balaban J connectivity index is 1.78. The average Bonchev–Trinajstić information content (AvgIpc) is 2.98. The first-order chi connectivity index (χ1) is 8.79. The highest BCUT2D eigenvalue weighted by atomic mass is 32.2. The SMILES string of the molecule is CCCSCC(N)Cc1ccn(C2CCCC2)n1. The van der Waals surface area contributed by atoms with Gasteiger partial charge in [-0.3, -0.25) is 4.68 Å². The zero-order valence-corrected chi connectivity index (χ0v) is 12.2. The van der Waals surface area contributed by atoms with Gasteiger partial charge in [0, 0.05) is 24.4 Å². The van der Waals surface area contributed by atoms with E-state index in [4.69, 9.17) is 5.73 Å². The van der Waals surface area contributed by atoms with Crippen LogP contribution in [0.15, 0.2) is 12.3 Å². The number of thioether (sulfide) groups is 1. The van der Waals surface area contributed by atoms with E-state index in [1.165, 1.54) is 37.9 Å². The van der Waals surface area contributed by atoms with Crippen LogP contribution in [0.2, 0.25) is 0 Å². The van der Waals surface area contributed by atoms with Crippen molar-refractivity contribution in [1.29, 1.82) is 0 Å². The lowest BCUT2D eigenvalue weighted by atomic mass is 10.2. The molecule has 1 heterocycles. The maximum absolute atomic E-state index is 6.14. The van der Waals surface area contributed by atoms with Gasteiger partial charge in [-0.2, -0.15) is 16.9 Å². The van der Waals surface area contributed by atoms with Gasteiger partial charge in [0.2, 0.25) is 0 Å². The summed E-state index contributed by atoms with van der Waals surface area (Å²) < 4.78 is 2.16. The molecule has 1 unspecified atom stereocenters. The van der Waals surface area contributed by atoms with Gasteiger partial charge in [-0.25, -0.2) is 0 Å². The fourth-order valence-corrected chi connectivity index (χ4v) is 3.44. The van der Waals surface area contributed by atoms with Gasteiger partial charge >= 0.3 is 0 Å². The van der Waals surface area contributed by atoms with Crippen LogP contribution >= 0.6 is 11.8 Å². The first-order valence-electron chi connectivity index (χ1n) is 7.17. The molecule has 1 aliphatic carbocycles. The Hall–Kier alpha value is -0.480. The van der Waals surface area contributed by atoms with Crippen molar-refractivity contribution in [3.05, 3.63) is 18.0 Å². The average molecular weight is 267 g/mol. The first-order valence-corrected chi connectivity index (χ1v) is 8.32. The molecule has 2 rings (SSSR count). The molecule has 1 atom stereocenters. The monoisotopic (exact) mass is 267 g/mol. The third-order valence-electron chi connectivity index (χ3n) is 3.51. The van der Waals surface area contributed by atoms with Crippen LogP contribution in [0, 0.1) is 0 Å². The maximum atomic E-state index is 6.14. The summed E-state index contributed by atoms with van der Waals surface area (Å²) in [5.41, 5.74) is 7.30. The van der Waals surface area contributed by atoms with Crippen LogP contribution in [-0.2, 0) is 6.42 Å². The molecule has 102 valence electrons. The highest BCUT2D eigenvalue weighted by molar-refractivity contribution is 7.99. The standard InChI is InChI=1S/C14H25N3S/c1-2-9-18-11-12(15)10-13-7-8-17(16-13)14-5-3-4-6-14/h7-8,12,14H,2-6,9-11,15H2,1H3. The molecule has 1 saturated carbocycles. The summed E-state index contributed by atoms with van der Waals surface area (Å²) >= 11 is 1.95. The number of nitrogens with two attached hydrogens (primary N) is 1. The zero-order valence-electron chi connectivity index (χ0n) is 11.3. The molecule has 0 spiro atoms. The molecule has 0 aromatic carbocycles. The fraction of sp³-hybridized carbons (Fsp3) is 0.786. The number of rotatable bonds is 7. The maximum Gasteiger partial charge on any atom is 0.0640 e. The molecule has 0 aliphatic heterocycles. The van der Waals surface area contributed by atoms with E-state index in [9.17, 15) is 0 Å². The third-order valence-corrected chi connectivity index (χ3v) is 4.87. The summed E-state index contributed by atoms with van der Waals surface area (Å²) in [5.74, 6) is 2.26. The Morgan fingerprint density at radius 1 is 1.50 bits per heavy atom. The van der Waals surface area contributed by atoms with Gasteiger partial charge in [-0.15, -0.1) is 0 Å². The van der Waals surface area contributed by atoms with Crippen LogP contribution in [0.3, 0.4) is 0 Å². The van der Waals surface area contributed by atoms with E-state index in [1.807, 2.05) is 11.8 Å². The quantitative estimate of drug-likeness (QED) is 0.772. The molecular formula is C14H25N3S. The Bertz CT molecular complexity index is 345. The van der Waals surface area contributed by atoms with E-state index >= 15 is 0 Å². The van der Waals surface area contributed by atoms with Crippen molar-refractivity contribution in [3.8, 4) is 0 Å². The highest BCUT2D eigenvalue weighted by Crippen LogP contribution is 2.28. The van der Waals surface area contributed by atoms with Gasteiger partial charge in [0.25, 0.3) is 0 Å². The van der Waals surface area contributed by atoms with Crippen molar-refractivity contribution in [2.24, 2.45) is 5.73 Å². The molecular weight excluding hydrogens is 242 g/mol. The third kappa shape index (κ3) is 4.02. The first kappa shape index (κ1) is 13.9. The van der Waals surface area contributed by atoms with E-state index in [-0.39, 0.29) is 6.04 Å². The van der Waals surface area contributed by atoms with Gasteiger partial charge in [-0.05, 0) is 31.1 Å². The molecule has 18 heavy (non-hydrogen) atoms. The van der Waals surface area contributed by atoms with Gasteiger partial charge in [0.1, 0.15) is 0 Å². The van der Waals surface area contributed by atoms with Crippen LogP contribution in [0.1, 0.15) is 50.8 Å². The minimum atomic E-state index is 0.244. The largest absolute Gasteiger partial charge is 0.327 e. The second-order valence-corrected chi connectivity index (χ2v) is 6.41. The number of hydrogen-bond donors (Lipinski definition) is 1. The Morgan fingerprint density at radius 3 is 3.00 bits per heavy atom. The summed E-state index contributed by atoms with van der Waals surface area (Å²) in [6.45, 7) is 2.21. The van der Waals surface area contributed by atoms with Crippen molar-refractivity contribution in [3.63, 3.8) is 0 Å². The van der Waals surface area contributed by atoms with Gasteiger partial charge in [0.05, 0.1) is 11.7 Å². The fourth-order valence-electron chi connectivity index (χ4n) is 2.57. The van der Waals surface area contributed by atoms with Gasteiger partial charge in [0.15, 0.2) is 0 Å². The van der Waals surface area contributed by atoms with Crippen LogP contribution in [-0.4, -0.2) is 27.3 Å². The van der Waals surface area contributed by atoms with Crippen molar-refractivity contribution in [1.82, 2.24) is 9.78 Å². The van der Waals surface area contributed by atoms with Crippen LogP contribution < -0.4 is 5.73 Å². The molecule has 4 heteroatoms. The smallest absolute Gasteiger partial charge is 0.0640 e. The molecule has 0 bridgehead atoms. The molecule has 0 amide bonds. The minimum Gasteiger partial charge on any atom is -0.327 e. The van der Waals surface area contributed by atoms with Crippen molar-refractivity contribution in [2.45, 2.75) is 57.5 Å². The Kier molecular flexibility index (Phi) is 5.57. The van der Waals surface area contributed by atoms with Gasteiger partial charge in [-0.1, -0.05) is 19.8 Å². The second kappa shape index (κ2) is 7.19. The topological polar surface area (TPSA) is 43.8 Å². The van der Waals surface area contributed by atoms with Crippen molar-refractivity contribution < 1.29 is 0 Å².